The molecule has 2 aromatic rings. The fraction of sp³-hybridized carbons (Fsp3) is 0.200. The van der Waals surface area contributed by atoms with Crippen LogP contribution in [0.4, 0.5) is 8.78 Å². The highest BCUT2D eigenvalue weighted by atomic mass is 32.2. The quantitative estimate of drug-likeness (QED) is 0.880. The monoisotopic (exact) mass is 310 g/mol. The molecule has 1 heterocycles. The number of benzene rings is 2. The Morgan fingerprint density at radius 3 is 2.52 bits per heavy atom. The van der Waals surface area contributed by atoms with E-state index in [1.807, 2.05) is 0 Å². The number of sulfone groups is 1. The molecule has 1 aliphatic rings. The van der Waals surface area contributed by atoms with E-state index in [2.05, 4.69) is 0 Å². The Morgan fingerprint density at radius 1 is 1.05 bits per heavy atom. The molecule has 1 atom stereocenters. The Kier molecular flexibility index (Phi) is 3.11. The van der Waals surface area contributed by atoms with Crippen LogP contribution >= 0.6 is 0 Å². The maximum absolute atomic E-state index is 14.0. The van der Waals surface area contributed by atoms with Crippen LogP contribution in [0.15, 0.2) is 47.4 Å². The number of rotatable bonds is 1. The van der Waals surface area contributed by atoms with Gasteiger partial charge in [0.15, 0.2) is 9.84 Å². The first kappa shape index (κ1) is 14.2. The van der Waals surface area contributed by atoms with Crippen LogP contribution in [0.3, 0.4) is 0 Å². The second-order valence-corrected chi connectivity index (χ2v) is 7.13. The summed E-state index contributed by atoms with van der Waals surface area (Å²) < 4.78 is 51.5. The van der Waals surface area contributed by atoms with Gasteiger partial charge in [-0.3, -0.25) is 0 Å². The van der Waals surface area contributed by atoms with Gasteiger partial charge in [-0.1, -0.05) is 18.2 Å². The molecule has 3 rings (SSSR count). The van der Waals surface area contributed by atoms with Crippen molar-refractivity contribution < 1.29 is 22.3 Å². The Bertz CT molecular complexity index is 817. The van der Waals surface area contributed by atoms with E-state index in [0.717, 1.165) is 18.2 Å². The summed E-state index contributed by atoms with van der Waals surface area (Å²) in [7, 11) is -3.52. The van der Waals surface area contributed by atoms with E-state index in [4.69, 9.17) is 0 Å². The van der Waals surface area contributed by atoms with Crippen LogP contribution in [-0.2, 0) is 15.4 Å². The molecule has 0 aromatic heterocycles. The largest absolute Gasteiger partial charge is 0.380 e. The first-order valence-corrected chi connectivity index (χ1v) is 8.00. The first-order valence-electron chi connectivity index (χ1n) is 6.35. The summed E-state index contributed by atoms with van der Waals surface area (Å²) in [5.41, 5.74) is -2.01. The average Bonchev–Trinajstić information content (AvgIpc) is 2.46. The SMILES string of the molecule is O=S1(=O)CCC(O)(c2cc(F)ccc2F)c2ccccc21. The summed E-state index contributed by atoms with van der Waals surface area (Å²) in [6, 6.07) is 8.67. The van der Waals surface area contributed by atoms with E-state index in [-0.39, 0.29) is 28.2 Å². The van der Waals surface area contributed by atoms with Gasteiger partial charge in [0.2, 0.25) is 0 Å². The van der Waals surface area contributed by atoms with Gasteiger partial charge in [0.05, 0.1) is 10.6 Å². The fourth-order valence-corrected chi connectivity index (χ4v) is 4.34. The van der Waals surface area contributed by atoms with Crippen LogP contribution in [-0.4, -0.2) is 19.3 Å². The highest BCUT2D eigenvalue weighted by Crippen LogP contribution is 2.42. The van der Waals surface area contributed by atoms with Gasteiger partial charge >= 0.3 is 0 Å². The molecule has 1 unspecified atom stereocenters. The molecule has 21 heavy (non-hydrogen) atoms. The maximum Gasteiger partial charge on any atom is 0.178 e. The smallest absolute Gasteiger partial charge is 0.178 e. The summed E-state index contributed by atoms with van der Waals surface area (Å²) in [6.07, 6.45) is -0.216. The molecule has 1 N–H and O–H groups in total. The lowest BCUT2D eigenvalue weighted by Gasteiger charge is -2.34. The molecule has 3 nitrogen and oxygen atoms in total. The number of halogens is 2. The Balaban J connectivity index is 2.30. The van der Waals surface area contributed by atoms with Crippen LogP contribution in [0.5, 0.6) is 0 Å². The van der Waals surface area contributed by atoms with E-state index in [1.165, 1.54) is 18.2 Å². The lowest BCUT2D eigenvalue weighted by atomic mass is 9.83. The van der Waals surface area contributed by atoms with Crippen LogP contribution in [0.2, 0.25) is 0 Å². The van der Waals surface area contributed by atoms with Crippen molar-refractivity contribution in [3.05, 3.63) is 65.2 Å². The molecule has 0 fully saturated rings. The molecule has 0 radical (unpaired) electrons. The van der Waals surface area contributed by atoms with Crippen molar-refractivity contribution >= 4 is 9.84 Å². The van der Waals surface area contributed by atoms with Crippen LogP contribution < -0.4 is 0 Å². The van der Waals surface area contributed by atoms with E-state index in [9.17, 15) is 22.3 Å². The summed E-state index contributed by atoms with van der Waals surface area (Å²) in [6.45, 7) is 0. The third kappa shape index (κ3) is 2.15. The molecule has 0 saturated carbocycles. The molecule has 2 aromatic carbocycles. The van der Waals surface area contributed by atoms with Crippen LogP contribution in [0.25, 0.3) is 0 Å². The van der Waals surface area contributed by atoms with Crippen molar-refractivity contribution in [2.45, 2.75) is 16.9 Å². The molecule has 0 aliphatic carbocycles. The molecule has 1 aliphatic heterocycles. The van der Waals surface area contributed by atoms with Crippen molar-refractivity contribution in [3.63, 3.8) is 0 Å². The van der Waals surface area contributed by atoms with Crippen molar-refractivity contribution in [3.8, 4) is 0 Å². The zero-order valence-corrected chi connectivity index (χ0v) is 11.7. The van der Waals surface area contributed by atoms with Gasteiger partial charge in [0.1, 0.15) is 17.2 Å². The van der Waals surface area contributed by atoms with Gasteiger partial charge in [0, 0.05) is 11.1 Å². The molecule has 6 heteroatoms. The third-order valence-electron chi connectivity index (χ3n) is 3.77. The summed E-state index contributed by atoms with van der Waals surface area (Å²) in [5, 5.41) is 10.9. The molecule has 0 saturated heterocycles. The van der Waals surface area contributed by atoms with Crippen molar-refractivity contribution in [1.29, 1.82) is 0 Å². The third-order valence-corrected chi connectivity index (χ3v) is 5.54. The molecular weight excluding hydrogens is 298 g/mol. The number of hydrogen-bond donors (Lipinski definition) is 1. The van der Waals surface area contributed by atoms with Gasteiger partial charge in [-0.05, 0) is 30.7 Å². The zero-order chi connectivity index (χ0) is 15.3. The standard InChI is InChI=1S/C15H12F2O3S/c16-10-5-6-13(17)12(9-10)15(18)7-8-21(19,20)14-4-2-1-3-11(14)15/h1-6,9,18H,7-8H2. The highest BCUT2D eigenvalue weighted by Gasteiger charge is 2.43. The lowest BCUT2D eigenvalue weighted by Crippen LogP contribution is -2.37. The van der Waals surface area contributed by atoms with E-state index >= 15 is 0 Å². The minimum absolute atomic E-state index is 0.0394. The van der Waals surface area contributed by atoms with Crippen molar-refractivity contribution in [2.24, 2.45) is 0 Å². The normalized spacial score (nSPS) is 23.6. The second kappa shape index (κ2) is 4.61. The predicted octanol–water partition coefficient (Wildman–Crippen LogP) is 2.38. The molecule has 110 valence electrons. The van der Waals surface area contributed by atoms with E-state index in [1.54, 1.807) is 6.07 Å². The molecule has 0 spiro atoms. The number of hydrogen-bond acceptors (Lipinski definition) is 3. The lowest BCUT2D eigenvalue weighted by molar-refractivity contribution is 0.0675. The Hall–Kier alpha value is -1.79. The summed E-state index contributed by atoms with van der Waals surface area (Å²) in [4.78, 5) is -0.0394. The zero-order valence-electron chi connectivity index (χ0n) is 10.9. The average molecular weight is 310 g/mol. The Morgan fingerprint density at radius 2 is 1.76 bits per heavy atom. The van der Waals surface area contributed by atoms with E-state index in [0.29, 0.717) is 0 Å². The van der Waals surface area contributed by atoms with Crippen LogP contribution in [0, 0.1) is 11.6 Å². The van der Waals surface area contributed by atoms with Crippen molar-refractivity contribution in [2.75, 3.05) is 5.75 Å². The minimum Gasteiger partial charge on any atom is -0.380 e. The summed E-state index contributed by atoms with van der Waals surface area (Å²) >= 11 is 0. The van der Waals surface area contributed by atoms with Gasteiger partial charge in [-0.2, -0.15) is 0 Å². The van der Waals surface area contributed by atoms with Gasteiger partial charge in [0.25, 0.3) is 0 Å². The predicted molar refractivity (Wildman–Crippen MR) is 72.5 cm³/mol. The fourth-order valence-electron chi connectivity index (χ4n) is 2.70. The Labute approximate surface area is 120 Å². The van der Waals surface area contributed by atoms with Gasteiger partial charge < -0.3 is 5.11 Å². The van der Waals surface area contributed by atoms with E-state index < -0.39 is 27.1 Å². The molecular formula is C15H12F2O3S. The number of aliphatic hydroxyl groups is 1. The summed E-state index contributed by atoms with van der Waals surface area (Å²) in [5.74, 6) is -1.78. The maximum atomic E-state index is 14.0. The van der Waals surface area contributed by atoms with Crippen LogP contribution in [0.1, 0.15) is 17.5 Å². The molecule has 0 bridgehead atoms. The van der Waals surface area contributed by atoms with Crippen molar-refractivity contribution in [1.82, 2.24) is 0 Å². The van der Waals surface area contributed by atoms with Gasteiger partial charge in [-0.25, -0.2) is 17.2 Å². The first-order chi connectivity index (χ1) is 9.84. The second-order valence-electron chi connectivity index (χ2n) is 5.05. The molecule has 0 amide bonds. The minimum atomic E-state index is -3.52. The van der Waals surface area contributed by atoms with Gasteiger partial charge in [-0.15, -0.1) is 0 Å². The topological polar surface area (TPSA) is 54.4 Å². The number of fused-ring (bicyclic) bond motifs is 1. The highest BCUT2D eigenvalue weighted by molar-refractivity contribution is 7.91.